The van der Waals surface area contributed by atoms with Crippen molar-refractivity contribution in [3.8, 4) is 0 Å². The van der Waals surface area contributed by atoms with Gasteiger partial charge in [0, 0.05) is 5.92 Å². The summed E-state index contributed by atoms with van der Waals surface area (Å²) in [6, 6.07) is 5.05. The van der Waals surface area contributed by atoms with Gasteiger partial charge in [0.1, 0.15) is 5.67 Å². The van der Waals surface area contributed by atoms with Crippen LogP contribution in [-0.2, 0) is 0 Å². The number of hydrogen-bond acceptors (Lipinski definition) is 1. The molecule has 76 valence electrons. The van der Waals surface area contributed by atoms with Gasteiger partial charge in [0.2, 0.25) is 0 Å². The van der Waals surface area contributed by atoms with E-state index in [4.69, 9.17) is 28.3 Å². The first-order valence-corrected chi connectivity index (χ1v) is 5.07. The Morgan fingerprint density at radius 1 is 1.43 bits per heavy atom. The van der Waals surface area contributed by atoms with E-state index in [2.05, 4.69) is 0 Å². The highest BCUT2D eigenvalue weighted by molar-refractivity contribution is 6.42. The van der Waals surface area contributed by atoms with E-state index in [1.165, 1.54) is 0 Å². The van der Waals surface area contributed by atoms with Crippen LogP contribution in [0.15, 0.2) is 18.2 Å². The molecule has 1 aliphatic rings. The topological polar surface area (TPSA) is 20.2 Å². The Labute approximate surface area is 91.5 Å². The van der Waals surface area contributed by atoms with E-state index in [1.807, 2.05) is 0 Å². The third-order valence-electron chi connectivity index (χ3n) is 2.62. The summed E-state index contributed by atoms with van der Waals surface area (Å²) in [4.78, 5) is 0. The molecule has 2 unspecified atom stereocenters. The van der Waals surface area contributed by atoms with Crippen molar-refractivity contribution < 1.29 is 9.50 Å². The van der Waals surface area contributed by atoms with Crippen LogP contribution in [0.4, 0.5) is 4.39 Å². The lowest BCUT2D eigenvalue weighted by atomic mass is 10.1. The number of aliphatic hydroxyl groups excluding tert-OH is 1. The van der Waals surface area contributed by atoms with Gasteiger partial charge in [0.05, 0.1) is 16.7 Å². The Morgan fingerprint density at radius 3 is 2.64 bits per heavy atom. The minimum absolute atomic E-state index is 0.234. The van der Waals surface area contributed by atoms with Crippen molar-refractivity contribution in [2.75, 3.05) is 6.61 Å². The Hall–Kier alpha value is -0.310. The third kappa shape index (κ3) is 1.62. The van der Waals surface area contributed by atoms with E-state index >= 15 is 0 Å². The number of hydrogen-bond donors (Lipinski definition) is 1. The summed E-state index contributed by atoms with van der Waals surface area (Å²) in [5.41, 5.74) is -0.645. The average Bonchev–Trinajstić information content (AvgIpc) is 2.84. The SMILES string of the molecule is OCC1(F)CC1c1ccc(Cl)c(Cl)c1. The number of benzene rings is 1. The summed E-state index contributed by atoms with van der Waals surface area (Å²) in [5.74, 6) is -0.234. The van der Waals surface area contributed by atoms with Crippen LogP contribution in [0.1, 0.15) is 17.9 Å². The molecule has 0 aliphatic heterocycles. The highest BCUT2D eigenvalue weighted by atomic mass is 35.5. The summed E-state index contributed by atoms with van der Waals surface area (Å²) in [6.07, 6.45) is 0.363. The molecule has 1 aromatic carbocycles. The molecule has 1 fully saturated rings. The van der Waals surface area contributed by atoms with Gasteiger partial charge in [0.15, 0.2) is 0 Å². The maximum absolute atomic E-state index is 13.5. The lowest BCUT2D eigenvalue weighted by molar-refractivity contribution is 0.155. The zero-order valence-corrected chi connectivity index (χ0v) is 8.82. The summed E-state index contributed by atoms with van der Waals surface area (Å²) < 4.78 is 13.5. The fraction of sp³-hybridized carbons (Fsp3) is 0.400. The van der Waals surface area contributed by atoms with Crippen LogP contribution in [0.3, 0.4) is 0 Å². The highest BCUT2D eigenvalue weighted by Gasteiger charge is 2.55. The molecule has 1 N–H and O–H groups in total. The van der Waals surface area contributed by atoms with Gasteiger partial charge >= 0.3 is 0 Å². The van der Waals surface area contributed by atoms with Gasteiger partial charge in [-0.3, -0.25) is 0 Å². The molecule has 2 rings (SSSR count). The molecule has 14 heavy (non-hydrogen) atoms. The van der Waals surface area contributed by atoms with Crippen LogP contribution in [0, 0.1) is 0 Å². The second-order valence-corrected chi connectivity index (χ2v) is 4.44. The van der Waals surface area contributed by atoms with Crippen LogP contribution < -0.4 is 0 Å². The van der Waals surface area contributed by atoms with E-state index in [0.29, 0.717) is 16.5 Å². The Morgan fingerprint density at radius 2 is 2.14 bits per heavy atom. The Balaban J connectivity index is 2.24. The highest BCUT2D eigenvalue weighted by Crippen LogP contribution is 2.54. The summed E-state index contributed by atoms with van der Waals surface area (Å²) in [6.45, 7) is -0.433. The molecule has 0 radical (unpaired) electrons. The predicted octanol–water partition coefficient (Wildman–Crippen LogP) is 3.18. The largest absolute Gasteiger partial charge is 0.393 e. The molecular formula is C10H9Cl2FO. The molecule has 0 bridgehead atoms. The van der Waals surface area contributed by atoms with Crippen LogP contribution in [0.5, 0.6) is 0 Å². The van der Waals surface area contributed by atoms with Crippen molar-refractivity contribution in [2.45, 2.75) is 18.0 Å². The lowest BCUT2D eigenvalue weighted by Gasteiger charge is -2.04. The fourth-order valence-corrected chi connectivity index (χ4v) is 1.91. The summed E-state index contributed by atoms with van der Waals surface area (Å²) in [5, 5.41) is 9.68. The molecule has 0 spiro atoms. The zero-order chi connectivity index (χ0) is 10.3. The van der Waals surface area contributed by atoms with Gasteiger partial charge in [-0.15, -0.1) is 0 Å². The van der Waals surface area contributed by atoms with Gasteiger partial charge < -0.3 is 5.11 Å². The van der Waals surface area contributed by atoms with Crippen molar-refractivity contribution >= 4 is 23.2 Å². The molecule has 4 heteroatoms. The summed E-state index contributed by atoms with van der Waals surface area (Å²) >= 11 is 11.5. The quantitative estimate of drug-likeness (QED) is 0.834. The van der Waals surface area contributed by atoms with Crippen molar-refractivity contribution in [2.24, 2.45) is 0 Å². The molecule has 2 atom stereocenters. The van der Waals surface area contributed by atoms with Gasteiger partial charge in [-0.2, -0.15) is 0 Å². The molecule has 1 saturated carbocycles. The maximum atomic E-state index is 13.5. The molecule has 1 nitrogen and oxygen atoms in total. The van der Waals surface area contributed by atoms with Crippen molar-refractivity contribution in [3.05, 3.63) is 33.8 Å². The second-order valence-electron chi connectivity index (χ2n) is 3.62. The minimum atomic E-state index is -1.45. The predicted molar refractivity (Wildman–Crippen MR) is 54.7 cm³/mol. The molecule has 0 heterocycles. The van der Waals surface area contributed by atoms with E-state index in [1.54, 1.807) is 18.2 Å². The van der Waals surface area contributed by atoms with Crippen LogP contribution in [0.2, 0.25) is 10.0 Å². The third-order valence-corrected chi connectivity index (χ3v) is 3.36. The fourth-order valence-electron chi connectivity index (χ4n) is 1.60. The van der Waals surface area contributed by atoms with E-state index in [0.717, 1.165) is 5.56 Å². The Bertz CT molecular complexity index is 369. The monoisotopic (exact) mass is 234 g/mol. The minimum Gasteiger partial charge on any atom is -0.393 e. The molecule has 1 aromatic rings. The molecule has 0 saturated heterocycles. The number of halogens is 3. The van der Waals surface area contributed by atoms with E-state index in [9.17, 15) is 4.39 Å². The normalized spacial score (nSPS) is 30.4. The number of aliphatic hydroxyl groups is 1. The van der Waals surface area contributed by atoms with Crippen LogP contribution in [0.25, 0.3) is 0 Å². The first-order valence-electron chi connectivity index (χ1n) is 4.31. The van der Waals surface area contributed by atoms with Crippen molar-refractivity contribution in [1.29, 1.82) is 0 Å². The molecule has 0 aromatic heterocycles. The Kier molecular flexibility index (Phi) is 2.46. The smallest absolute Gasteiger partial charge is 0.141 e. The van der Waals surface area contributed by atoms with Crippen molar-refractivity contribution in [3.63, 3.8) is 0 Å². The van der Waals surface area contributed by atoms with Gasteiger partial charge in [-0.05, 0) is 24.1 Å². The van der Waals surface area contributed by atoms with E-state index in [-0.39, 0.29) is 5.92 Å². The first kappa shape index (κ1) is 10.2. The number of alkyl halides is 1. The second kappa shape index (κ2) is 3.37. The van der Waals surface area contributed by atoms with Crippen LogP contribution in [-0.4, -0.2) is 17.4 Å². The van der Waals surface area contributed by atoms with Gasteiger partial charge in [-0.1, -0.05) is 29.3 Å². The molecular weight excluding hydrogens is 226 g/mol. The maximum Gasteiger partial charge on any atom is 0.141 e. The van der Waals surface area contributed by atoms with Gasteiger partial charge in [0.25, 0.3) is 0 Å². The summed E-state index contributed by atoms with van der Waals surface area (Å²) in [7, 11) is 0. The number of rotatable bonds is 2. The van der Waals surface area contributed by atoms with Crippen molar-refractivity contribution in [1.82, 2.24) is 0 Å². The molecule has 0 amide bonds. The van der Waals surface area contributed by atoms with Crippen LogP contribution >= 0.6 is 23.2 Å². The van der Waals surface area contributed by atoms with Gasteiger partial charge in [-0.25, -0.2) is 4.39 Å². The van der Waals surface area contributed by atoms with E-state index < -0.39 is 12.3 Å². The first-order chi connectivity index (χ1) is 6.57. The molecule has 1 aliphatic carbocycles. The average molecular weight is 235 g/mol. The zero-order valence-electron chi connectivity index (χ0n) is 7.30. The standard InChI is InChI=1S/C10H9Cl2FO/c11-8-2-1-6(3-9(8)12)7-4-10(7,13)5-14/h1-3,7,14H,4-5H2. The lowest BCUT2D eigenvalue weighted by Crippen LogP contribution is -2.09.